The highest BCUT2D eigenvalue weighted by atomic mass is 19.4. The van der Waals surface area contributed by atoms with Gasteiger partial charge in [0.05, 0.1) is 29.6 Å². The highest BCUT2D eigenvalue weighted by Crippen LogP contribution is 2.60. The quantitative estimate of drug-likeness (QED) is 0.588. The number of fused-ring (bicyclic) bond motifs is 2. The van der Waals surface area contributed by atoms with Crippen LogP contribution in [0, 0.1) is 17.3 Å². The second kappa shape index (κ2) is 9.68. The zero-order valence-corrected chi connectivity index (χ0v) is 20.5. The molecule has 1 amide bonds. The molecule has 1 aromatic heterocycles. The molecule has 12 heteroatoms. The van der Waals surface area contributed by atoms with Crippen molar-refractivity contribution in [2.75, 3.05) is 26.9 Å². The summed E-state index contributed by atoms with van der Waals surface area (Å²) in [4.78, 5) is 19.4. The molecular weight excluding hydrogens is 504 g/mol. The van der Waals surface area contributed by atoms with E-state index >= 15 is 0 Å². The maximum absolute atomic E-state index is 14.0. The van der Waals surface area contributed by atoms with Gasteiger partial charge in [0.1, 0.15) is 0 Å². The highest BCUT2D eigenvalue weighted by molar-refractivity contribution is 5.84. The molecule has 2 aliphatic heterocycles. The molecule has 0 aromatic carbocycles. The molecule has 3 fully saturated rings. The normalized spacial score (nSPS) is 34.4. The Hall–Kier alpha value is -1.92. The van der Waals surface area contributed by atoms with E-state index in [0.29, 0.717) is 37.3 Å². The second-order valence-electron chi connectivity index (χ2n) is 10.9. The van der Waals surface area contributed by atoms with Crippen molar-refractivity contribution in [3.63, 3.8) is 0 Å². The van der Waals surface area contributed by atoms with Gasteiger partial charge < -0.3 is 19.7 Å². The second-order valence-corrected chi connectivity index (χ2v) is 10.9. The molecule has 0 radical (unpaired) electrons. The number of nitrogens with one attached hydrogen (secondary N) is 1. The number of hydrogen-bond acceptors (Lipinski definition) is 5. The minimum atomic E-state index is -4.57. The summed E-state index contributed by atoms with van der Waals surface area (Å²) in [6.07, 6.45) is -7.10. The van der Waals surface area contributed by atoms with Crippen LogP contribution >= 0.6 is 0 Å². The van der Waals surface area contributed by atoms with Crippen LogP contribution in [0.2, 0.25) is 0 Å². The molecule has 1 aromatic rings. The lowest BCUT2D eigenvalue weighted by Crippen LogP contribution is -2.51. The molecule has 2 aliphatic carbocycles. The van der Waals surface area contributed by atoms with Gasteiger partial charge in [0.25, 0.3) is 0 Å². The smallest absolute Gasteiger partial charge is 0.379 e. The van der Waals surface area contributed by atoms with Crippen molar-refractivity contribution in [3.05, 3.63) is 29.1 Å². The Morgan fingerprint density at radius 3 is 2.70 bits per heavy atom. The summed E-state index contributed by atoms with van der Waals surface area (Å²) in [7, 11) is 1.59. The molecule has 1 saturated heterocycles. The Bertz CT molecular complexity index is 1020. The van der Waals surface area contributed by atoms with Gasteiger partial charge in [0.2, 0.25) is 5.91 Å². The van der Waals surface area contributed by atoms with Crippen molar-refractivity contribution in [2.45, 2.75) is 75.6 Å². The SMILES string of the molecule is COC1COCCC1N[C@@H]1C[C@H]2C[C@H](C(F)(F)F)C[C@@]2(C(=O)N2CCc3ncc(C(F)(F)F)cc3C2)C1. The van der Waals surface area contributed by atoms with E-state index < -0.39 is 35.2 Å². The molecule has 4 aliphatic rings. The average Bonchev–Trinajstić information content (AvgIpc) is 3.38. The van der Waals surface area contributed by atoms with Gasteiger partial charge in [-0.1, -0.05) is 0 Å². The topological polar surface area (TPSA) is 63.7 Å². The largest absolute Gasteiger partial charge is 0.417 e. The molecule has 0 bridgehead atoms. The van der Waals surface area contributed by atoms with E-state index in [1.807, 2.05) is 0 Å². The molecule has 3 heterocycles. The van der Waals surface area contributed by atoms with Gasteiger partial charge in [-0.3, -0.25) is 9.78 Å². The molecule has 1 N–H and O–H groups in total. The fourth-order valence-electron chi connectivity index (χ4n) is 6.93. The van der Waals surface area contributed by atoms with Crippen LogP contribution in [0.1, 0.15) is 48.9 Å². The van der Waals surface area contributed by atoms with E-state index in [2.05, 4.69) is 10.3 Å². The molecule has 2 saturated carbocycles. The third kappa shape index (κ3) is 5.08. The number of hydrogen-bond donors (Lipinski definition) is 1. The number of rotatable bonds is 4. The van der Waals surface area contributed by atoms with Crippen LogP contribution in [0.4, 0.5) is 26.3 Å². The van der Waals surface area contributed by atoms with Gasteiger partial charge in [-0.25, -0.2) is 0 Å². The molecule has 2 unspecified atom stereocenters. The summed E-state index contributed by atoms with van der Waals surface area (Å²) < 4.78 is 92.0. The number of methoxy groups -OCH3 is 1. The number of amides is 1. The van der Waals surface area contributed by atoms with E-state index in [-0.39, 0.29) is 62.9 Å². The van der Waals surface area contributed by atoms with E-state index in [0.717, 1.165) is 12.3 Å². The van der Waals surface area contributed by atoms with Gasteiger partial charge in [0.15, 0.2) is 0 Å². The number of carbonyl (C=O) groups is 1. The third-order valence-electron chi connectivity index (χ3n) is 8.74. The molecule has 6 nitrogen and oxygen atoms in total. The number of carbonyl (C=O) groups excluding carboxylic acids is 1. The predicted octanol–water partition coefficient (Wildman–Crippen LogP) is 4.12. The average molecular weight is 536 g/mol. The summed E-state index contributed by atoms with van der Waals surface area (Å²) in [5, 5.41) is 3.53. The van der Waals surface area contributed by atoms with Crippen LogP contribution in [0.25, 0.3) is 0 Å². The summed E-state index contributed by atoms with van der Waals surface area (Å²) in [5.41, 5.74) is -1.31. The number of nitrogens with zero attached hydrogens (tertiary/aromatic N) is 2. The first-order chi connectivity index (χ1) is 17.4. The van der Waals surface area contributed by atoms with Crippen LogP contribution in [-0.2, 0) is 33.4 Å². The first kappa shape index (κ1) is 26.7. The first-order valence-electron chi connectivity index (χ1n) is 12.7. The van der Waals surface area contributed by atoms with Crippen molar-refractivity contribution in [1.82, 2.24) is 15.2 Å². The molecule has 0 spiro atoms. The van der Waals surface area contributed by atoms with Crippen LogP contribution < -0.4 is 5.32 Å². The van der Waals surface area contributed by atoms with Crippen LogP contribution in [0.5, 0.6) is 0 Å². The Kier molecular flexibility index (Phi) is 6.98. The molecule has 6 atom stereocenters. The lowest BCUT2D eigenvalue weighted by atomic mass is 9.78. The van der Waals surface area contributed by atoms with Crippen molar-refractivity contribution < 1.29 is 40.6 Å². The summed E-state index contributed by atoms with van der Waals surface area (Å²) in [5.74, 6) is -2.40. The summed E-state index contributed by atoms with van der Waals surface area (Å²) in [6.45, 7) is 1.11. The van der Waals surface area contributed by atoms with Crippen molar-refractivity contribution in [1.29, 1.82) is 0 Å². The molecular formula is C25H31F6N3O3. The Morgan fingerprint density at radius 2 is 2.00 bits per heavy atom. The molecule has 5 rings (SSSR count). The maximum Gasteiger partial charge on any atom is 0.417 e. The fourth-order valence-corrected chi connectivity index (χ4v) is 6.93. The van der Waals surface area contributed by atoms with Gasteiger partial charge in [-0.2, -0.15) is 26.3 Å². The van der Waals surface area contributed by atoms with Gasteiger partial charge >= 0.3 is 12.4 Å². The van der Waals surface area contributed by atoms with Crippen LogP contribution in [0.15, 0.2) is 12.3 Å². The van der Waals surface area contributed by atoms with Gasteiger partial charge in [0, 0.05) is 57.2 Å². The van der Waals surface area contributed by atoms with Gasteiger partial charge in [-0.15, -0.1) is 0 Å². The van der Waals surface area contributed by atoms with E-state index in [4.69, 9.17) is 9.47 Å². The number of ether oxygens (including phenoxy) is 2. The van der Waals surface area contributed by atoms with E-state index in [1.54, 1.807) is 7.11 Å². The summed E-state index contributed by atoms with van der Waals surface area (Å²) in [6, 6.07) is 0.820. The minimum Gasteiger partial charge on any atom is -0.379 e. The van der Waals surface area contributed by atoms with Crippen LogP contribution in [0.3, 0.4) is 0 Å². The molecule has 37 heavy (non-hydrogen) atoms. The Labute approximate surface area is 211 Å². The predicted molar refractivity (Wildman–Crippen MR) is 119 cm³/mol. The maximum atomic E-state index is 14.0. The van der Waals surface area contributed by atoms with Crippen molar-refractivity contribution >= 4 is 5.91 Å². The van der Waals surface area contributed by atoms with Crippen molar-refractivity contribution in [2.24, 2.45) is 17.3 Å². The van der Waals surface area contributed by atoms with Gasteiger partial charge in [-0.05, 0) is 49.7 Å². The zero-order chi connectivity index (χ0) is 26.6. The minimum absolute atomic E-state index is 0.0260. The third-order valence-corrected chi connectivity index (χ3v) is 8.74. The fraction of sp³-hybridized carbons (Fsp3) is 0.760. The number of halogens is 6. The monoisotopic (exact) mass is 535 g/mol. The first-order valence-corrected chi connectivity index (χ1v) is 12.7. The number of pyridine rings is 1. The Morgan fingerprint density at radius 1 is 1.22 bits per heavy atom. The lowest BCUT2D eigenvalue weighted by Gasteiger charge is -2.38. The summed E-state index contributed by atoms with van der Waals surface area (Å²) >= 11 is 0. The number of aromatic nitrogens is 1. The van der Waals surface area contributed by atoms with Crippen LogP contribution in [-0.4, -0.2) is 67.0 Å². The highest BCUT2D eigenvalue weighted by Gasteiger charge is 2.63. The van der Waals surface area contributed by atoms with E-state index in [1.165, 1.54) is 4.90 Å². The standard InChI is InChI=1S/C25H31F6N3O3/c1-36-21-13-37-5-3-20(21)33-18-8-15-7-16(24(26,27)28)9-23(15,10-18)22(35)34-4-2-19-14(12-34)6-17(11-32-19)25(29,30)31/h6,11,15-16,18,20-21,33H,2-5,7-10,12-13H2,1H3/t15-,16+,18-,20?,21?,23-/m1/s1. The lowest BCUT2D eigenvalue weighted by molar-refractivity contribution is -0.176. The Balaban J connectivity index is 1.37. The molecule has 206 valence electrons. The zero-order valence-electron chi connectivity index (χ0n) is 20.5. The number of alkyl halides is 6. The van der Waals surface area contributed by atoms with E-state index in [9.17, 15) is 31.1 Å². The van der Waals surface area contributed by atoms with Crippen molar-refractivity contribution in [3.8, 4) is 0 Å².